The quantitative estimate of drug-likeness (QED) is 0.366. The van der Waals surface area contributed by atoms with E-state index in [0.29, 0.717) is 5.56 Å². The standard InChI is InChI=1S/C18H12ClFN2O4S/c19-15-10-21-18(27(24,25)11-12-6-8-13(20)9-7-12)22-16(15)17(23)26-14-4-2-1-3-5-14/h1-10H,11H2. The number of sulfone groups is 1. The van der Waals surface area contributed by atoms with E-state index in [0.717, 1.165) is 18.3 Å². The smallest absolute Gasteiger partial charge is 0.364 e. The zero-order valence-electron chi connectivity index (χ0n) is 13.7. The number of rotatable bonds is 5. The van der Waals surface area contributed by atoms with Gasteiger partial charge in [0.1, 0.15) is 11.6 Å². The van der Waals surface area contributed by atoms with Crippen molar-refractivity contribution in [2.75, 3.05) is 0 Å². The summed E-state index contributed by atoms with van der Waals surface area (Å²) in [5.74, 6) is -1.59. The summed E-state index contributed by atoms with van der Waals surface area (Å²) in [7, 11) is -3.98. The second kappa shape index (κ2) is 7.81. The molecule has 3 aromatic rings. The lowest BCUT2D eigenvalue weighted by molar-refractivity contribution is 0.0727. The topological polar surface area (TPSA) is 86.2 Å². The van der Waals surface area contributed by atoms with Gasteiger partial charge in [-0.05, 0) is 29.8 Å². The molecule has 0 fully saturated rings. The fourth-order valence-corrected chi connectivity index (χ4v) is 3.52. The Labute approximate surface area is 159 Å². The third-order valence-electron chi connectivity index (χ3n) is 3.42. The predicted molar refractivity (Wildman–Crippen MR) is 95.7 cm³/mol. The summed E-state index contributed by atoms with van der Waals surface area (Å²) in [4.78, 5) is 19.8. The van der Waals surface area contributed by atoms with Crippen LogP contribution in [0.1, 0.15) is 16.1 Å². The molecule has 0 spiro atoms. The van der Waals surface area contributed by atoms with Crippen molar-refractivity contribution in [3.63, 3.8) is 0 Å². The maximum atomic E-state index is 13.0. The fourth-order valence-electron chi connectivity index (χ4n) is 2.15. The zero-order chi connectivity index (χ0) is 19.4. The summed E-state index contributed by atoms with van der Waals surface area (Å²) in [6.07, 6.45) is 1.02. The highest BCUT2D eigenvalue weighted by Crippen LogP contribution is 2.20. The lowest BCUT2D eigenvalue weighted by Crippen LogP contribution is -2.16. The van der Waals surface area contributed by atoms with Crippen LogP contribution in [-0.4, -0.2) is 24.4 Å². The number of ether oxygens (including phenoxy) is 1. The van der Waals surface area contributed by atoms with Crippen molar-refractivity contribution in [1.29, 1.82) is 0 Å². The van der Waals surface area contributed by atoms with Crippen LogP contribution in [0, 0.1) is 5.82 Å². The van der Waals surface area contributed by atoms with E-state index in [-0.39, 0.29) is 16.5 Å². The first kappa shape index (κ1) is 18.9. The van der Waals surface area contributed by atoms with Gasteiger partial charge in [-0.15, -0.1) is 0 Å². The largest absolute Gasteiger partial charge is 0.422 e. The van der Waals surface area contributed by atoms with Gasteiger partial charge in [0.05, 0.1) is 17.0 Å². The third-order valence-corrected chi connectivity index (χ3v) is 5.16. The number of aromatic nitrogens is 2. The predicted octanol–water partition coefficient (Wildman–Crippen LogP) is 3.46. The van der Waals surface area contributed by atoms with Crippen molar-refractivity contribution in [2.24, 2.45) is 0 Å². The van der Waals surface area contributed by atoms with E-state index in [1.807, 2.05) is 0 Å². The Morgan fingerprint density at radius 1 is 1.07 bits per heavy atom. The average molecular weight is 407 g/mol. The minimum atomic E-state index is -3.98. The average Bonchev–Trinajstić information content (AvgIpc) is 2.64. The molecule has 0 unspecified atom stereocenters. The Kier molecular flexibility index (Phi) is 5.48. The molecule has 2 aromatic carbocycles. The Bertz CT molecular complexity index is 1070. The molecule has 3 rings (SSSR count). The van der Waals surface area contributed by atoms with Crippen LogP contribution in [0.2, 0.25) is 5.02 Å². The van der Waals surface area contributed by atoms with E-state index >= 15 is 0 Å². The highest BCUT2D eigenvalue weighted by Gasteiger charge is 2.24. The summed E-state index contributed by atoms with van der Waals surface area (Å²) < 4.78 is 43.1. The van der Waals surface area contributed by atoms with E-state index in [1.54, 1.807) is 30.3 Å². The molecule has 0 radical (unpaired) electrons. The van der Waals surface area contributed by atoms with Gasteiger partial charge < -0.3 is 4.74 Å². The summed E-state index contributed by atoms with van der Waals surface area (Å²) >= 11 is 5.92. The molecule has 0 aliphatic heterocycles. The molecular formula is C18H12ClFN2O4S. The lowest BCUT2D eigenvalue weighted by atomic mass is 10.2. The molecule has 0 bridgehead atoms. The number of nitrogens with zero attached hydrogens (tertiary/aromatic N) is 2. The molecule has 9 heteroatoms. The highest BCUT2D eigenvalue weighted by atomic mass is 35.5. The van der Waals surface area contributed by atoms with Crippen LogP contribution in [-0.2, 0) is 15.6 Å². The molecule has 138 valence electrons. The zero-order valence-corrected chi connectivity index (χ0v) is 15.2. The third kappa shape index (κ3) is 4.66. The molecule has 0 N–H and O–H groups in total. The van der Waals surface area contributed by atoms with Gasteiger partial charge in [0, 0.05) is 0 Å². The van der Waals surface area contributed by atoms with Crippen LogP contribution in [0.3, 0.4) is 0 Å². The number of para-hydroxylation sites is 1. The Morgan fingerprint density at radius 3 is 2.41 bits per heavy atom. The summed E-state index contributed by atoms with van der Waals surface area (Å²) in [6.45, 7) is 0. The second-order valence-corrected chi connectivity index (χ2v) is 7.73. The van der Waals surface area contributed by atoms with Crippen molar-refractivity contribution < 1.29 is 22.3 Å². The number of carbonyl (C=O) groups is 1. The van der Waals surface area contributed by atoms with Gasteiger partial charge in [-0.1, -0.05) is 41.9 Å². The molecule has 0 atom stereocenters. The van der Waals surface area contributed by atoms with E-state index in [9.17, 15) is 17.6 Å². The number of hydrogen-bond acceptors (Lipinski definition) is 6. The monoisotopic (exact) mass is 406 g/mol. The minimum Gasteiger partial charge on any atom is -0.422 e. The normalized spacial score (nSPS) is 11.2. The van der Waals surface area contributed by atoms with Crippen LogP contribution in [0.15, 0.2) is 66.0 Å². The van der Waals surface area contributed by atoms with Crippen molar-refractivity contribution in [2.45, 2.75) is 10.9 Å². The molecule has 0 amide bonds. The summed E-state index contributed by atoms with van der Waals surface area (Å²) in [6, 6.07) is 13.2. The first-order valence-electron chi connectivity index (χ1n) is 7.62. The molecule has 0 saturated carbocycles. The Morgan fingerprint density at radius 2 is 1.74 bits per heavy atom. The van der Waals surface area contributed by atoms with Crippen molar-refractivity contribution in [1.82, 2.24) is 9.97 Å². The summed E-state index contributed by atoms with van der Waals surface area (Å²) in [5.41, 5.74) is -0.0171. The van der Waals surface area contributed by atoms with Crippen molar-refractivity contribution in [3.05, 3.63) is 82.9 Å². The molecule has 0 aliphatic carbocycles. The SMILES string of the molecule is O=C(Oc1ccccc1)c1nc(S(=O)(=O)Cc2ccc(F)cc2)ncc1Cl. The van der Waals surface area contributed by atoms with Gasteiger partial charge in [0.25, 0.3) is 0 Å². The number of esters is 1. The first-order valence-corrected chi connectivity index (χ1v) is 9.65. The van der Waals surface area contributed by atoms with Gasteiger partial charge in [0.2, 0.25) is 15.0 Å². The van der Waals surface area contributed by atoms with Gasteiger partial charge >= 0.3 is 5.97 Å². The van der Waals surface area contributed by atoms with Crippen LogP contribution in [0.5, 0.6) is 5.75 Å². The molecule has 6 nitrogen and oxygen atoms in total. The Balaban J connectivity index is 1.87. The van der Waals surface area contributed by atoms with Gasteiger partial charge in [0.15, 0.2) is 5.69 Å². The second-order valence-electron chi connectivity index (χ2n) is 5.44. The maximum absolute atomic E-state index is 13.0. The van der Waals surface area contributed by atoms with Crippen molar-refractivity contribution in [3.8, 4) is 5.75 Å². The Hall–Kier alpha value is -2.84. The van der Waals surface area contributed by atoms with Crippen molar-refractivity contribution >= 4 is 27.4 Å². The molecule has 0 aliphatic rings. The van der Waals surface area contributed by atoms with Crippen LogP contribution < -0.4 is 4.74 Å². The van der Waals surface area contributed by atoms with Gasteiger partial charge in [-0.3, -0.25) is 0 Å². The number of hydrogen-bond donors (Lipinski definition) is 0. The van der Waals surface area contributed by atoms with Crippen LogP contribution in [0.4, 0.5) is 4.39 Å². The van der Waals surface area contributed by atoms with E-state index in [2.05, 4.69) is 9.97 Å². The van der Waals surface area contributed by atoms with E-state index in [1.165, 1.54) is 12.1 Å². The van der Waals surface area contributed by atoms with Gasteiger partial charge in [-0.25, -0.2) is 27.6 Å². The summed E-state index contributed by atoms with van der Waals surface area (Å²) in [5, 5.41) is -0.715. The van der Waals surface area contributed by atoms with E-state index in [4.69, 9.17) is 16.3 Å². The highest BCUT2D eigenvalue weighted by molar-refractivity contribution is 7.90. The van der Waals surface area contributed by atoms with Crippen LogP contribution >= 0.6 is 11.6 Å². The molecular weight excluding hydrogens is 395 g/mol. The fraction of sp³-hybridized carbons (Fsp3) is 0.0556. The van der Waals surface area contributed by atoms with Gasteiger partial charge in [-0.2, -0.15) is 0 Å². The van der Waals surface area contributed by atoms with E-state index < -0.39 is 32.5 Å². The van der Waals surface area contributed by atoms with Crippen LogP contribution in [0.25, 0.3) is 0 Å². The molecule has 0 saturated heterocycles. The number of carbonyl (C=O) groups excluding carboxylic acids is 1. The number of halogens is 2. The maximum Gasteiger partial charge on any atom is 0.364 e. The minimum absolute atomic E-state index is 0.142. The first-order chi connectivity index (χ1) is 12.8. The molecule has 1 aromatic heterocycles. The molecule has 27 heavy (non-hydrogen) atoms. The molecule has 1 heterocycles. The lowest BCUT2D eigenvalue weighted by Gasteiger charge is -2.07. The number of benzene rings is 2.